The molecular weight excluding hydrogens is 290 g/mol. The maximum absolute atomic E-state index is 12.4. The number of hydrogen-bond donors (Lipinski definition) is 1. The van der Waals surface area contributed by atoms with Crippen LogP contribution in [-0.2, 0) is 17.8 Å². The molecule has 0 spiro atoms. The summed E-state index contributed by atoms with van der Waals surface area (Å²) in [5.74, 6) is 1.88. The molecule has 0 bridgehead atoms. The summed E-state index contributed by atoms with van der Waals surface area (Å²) < 4.78 is 2.19. The molecule has 3 heterocycles. The van der Waals surface area contributed by atoms with Gasteiger partial charge in [-0.05, 0) is 44.1 Å². The number of aromatic amines is 1. The Morgan fingerprint density at radius 3 is 3.13 bits per heavy atom. The molecule has 2 aromatic heterocycles. The fourth-order valence-corrected chi connectivity index (χ4v) is 3.33. The van der Waals surface area contributed by atoms with Gasteiger partial charge in [0.2, 0.25) is 5.91 Å². The van der Waals surface area contributed by atoms with E-state index in [9.17, 15) is 4.79 Å². The Kier molecular flexibility index (Phi) is 5.10. The molecule has 124 valence electrons. The van der Waals surface area contributed by atoms with Gasteiger partial charge in [-0.3, -0.25) is 9.89 Å². The molecule has 0 radical (unpaired) electrons. The van der Waals surface area contributed by atoms with Crippen LogP contribution in [0.2, 0.25) is 0 Å². The summed E-state index contributed by atoms with van der Waals surface area (Å²) in [6.07, 6.45) is 12.3. The highest BCUT2D eigenvalue weighted by atomic mass is 16.2. The Balaban J connectivity index is 1.45. The molecule has 23 heavy (non-hydrogen) atoms. The van der Waals surface area contributed by atoms with Gasteiger partial charge in [0.05, 0.1) is 6.20 Å². The zero-order valence-corrected chi connectivity index (χ0v) is 13.7. The molecule has 1 amide bonds. The van der Waals surface area contributed by atoms with E-state index < -0.39 is 0 Å². The summed E-state index contributed by atoms with van der Waals surface area (Å²) in [7, 11) is 0. The number of carbonyl (C=O) groups is 1. The lowest BCUT2D eigenvalue weighted by Crippen LogP contribution is -2.41. The van der Waals surface area contributed by atoms with Crippen molar-refractivity contribution in [3.63, 3.8) is 0 Å². The van der Waals surface area contributed by atoms with Crippen LogP contribution < -0.4 is 0 Å². The molecule has 1 fully saturated rings. The molecule has 6 heteroatoms. The SMILES string of the molecule is Cc1nccn1C[C@@H]1CCCN(C(=O)CCCc2cn[nH]c2)C1. The first-order valence-corrected chi connectivity index (χ1v) is 8.45. The van der Waals surface area contributed by atoms with Gasteiger partial charge in [-0.2, -0.15) is 5.10 Å². The highest BCUT2D eigenvalue weighted by Crippen LogP contribution is 2.20. The monoisotopic (exact) mass is 315 g/mol. The number of carbonyl (C=O) groups excluding carboxylic acids is 1. The van der Waals surface area contributed by atoms with E-state index in [1.807, 2.05) is 31.7 Å². The molecule has 2 aromatic rings. The molecule has 1 aliphatic heterocycles. The minimum atomic E-state index is 0.292. The molecule has 3 rings (SSSR count). The lowest BCUT2D eigenvalue weighted by Gasteiger charge is -2.33. The van der Waals surface area contributed by atoms with Gasteiger partial charge in [0.1, 0.15) is 5.82 Å². The predicted molar refractivity (Wildman–Crippen MR) is 87.8 cm³/mol. The van der Waals surface area contributed by atoms with E-state index in [0.29, 0.717) is 18.2 Å². The highest BCUT2D eigenvalue weighted by Gasteiger charge is 2.23. The van der Waals surface area contributed by atoms with Crippen molar-refractivity contribution < 1.29 is 4.79 Å². The molecule has 1 aliphatic rings. The van der Waals surface area contributed by atoms with Crippen molar-refractivity contribution in [1.29, 1.82) is 0 Å². The van der Waals surface area contributed by atoms with Crippen molar-refractivity contribution in [2.75, 3.05) is 13.1 Å². The smallest absolute Gasteiger partial charge is 0.222 e. The van der Waals surface area contributed by atoms with Gasteiger partial charge >= 0.3 is 0 Å². The zero-order valence-electron chi connectivity index (χ0n) is 13.7. The Morgan fingerprint density at radius 2 is 2.39 bits per heavy atom. The zero-order chi connectivity index (χ0) is 16.1. The first-order chi connectivity index (χ1) is 11.2. The fourth-order valence-electron chi connectivity index (χ4n) is 3.33. The van der Waals surface area contributed by atoms with E-state index in [0.717, 1.165) is 44.7 Å². The number of H-pyrrole nitrogens is 1. The van der Waals surface area contributed by atoms with Crippen LogP contribution in [0.5, 0.6) is 0 Å². The highest BCUT2D eigenvalue weighted by molar-refractivity contribution is 5.76. The third-order valence-electron chi connectivity index (χ3n) is 4.66. The van der Waals surface area contributed by atoms with Crippen LogP contribution in [0.15, 0.2) is 24.8 Å². The second-order valence-corrected chi connectivity index (χ2v) is 6.43. The topological polar surface area (TPSA) is 66.8 Å². The van der Waals surface area contributed by atoms with E-state index >= 15 is 0 Å². The Morgan fingerprint density at radius 1 is 1.48 bits per heavy atom. The normalized spacial score (nSPS) is 18.3. The van der Waals surface area contributed by atoms with Gasteiger partial charge in [-0.1, -0.05) is 0 Å². The summed E-state index contributed by atoms with van der Waals surface area (Å²) in [6, 6.07) is 0. The molecule has 0 unspecified atom stereocenters. The van der Waals surface area contributed by atoms with Crippen molar-refractivity contribution in [2.45, 2.75) is 45.6 Å². The summed E-state index contributed by atoms with van der Waals surface area (Å²) >= 11 is 0. The molecule has 0 aliphatic carbocycles. The number of aryl methyl sites for hydroxylation is 2. The van der Waals surface area contributed by atoms with Crippen LogP contribution in [0.25, 0.3) is 0 Å². The maximum Gasteiger partial charge on any atom is 0.222 e. The molecule has 6 nitrogen and oxygen atoms in total. The lowest BCUT2D eigenvalue weighted by atomic mass is 9.97. The third-order valence-corrected chi connectivity index (χ3v) is 4.66. The number of rotatable bonds is 6. The predicted octanol–water partition coefficient (Wildman–Crippen LogP) is 2.18. The Labute approximate surface area is 136 Å². The van der Waals surface area contributed by atoms with Crippen LogP contribution in [0.1, 0.15) is 37.1 Å². The van der Waals surface area contributed by atoms with Gasteiger partial charge in [0, 0.05) is 44.6 Å². The number of imidazole rings is 1. The Hall–Kier alpha value is -2.11. The van der Waals surface area contributed by atoms with Crippen molar-refractivity contribution in [3.05, 3.63) is 36.2 Å². The largest absolute Gasteiger partial charge is 0.342 e. The average molecular weight is 315 g/mol. The average Bonchev–Trinajstić information content (AvgIpc) is 3.20. The number of aromatic nitrogens is 4. The van der Waals surface area contributed by atoms with Gasteiger partial charge in [0.25, 0.3) is 0 Å². The molecule has 0 saturated carbocycles. The van der Waals surface area contributed by atoms with E-state index in [1.54, 1.807) is 0 Å². The minimum absolute atomic E-state index is 0.292. The first-order valence-electron chi connectivity index (χ1n) is 8.45. The van der Waals surface area contributed by atoms with Gasteiger partial charge < -0.3 is 9.47 Å². The number of piperidine rings is 1. The fraction of sp³-hybridized carbons (Fsp3) is 0.588. The standard InChI is InChI=1S/C17H25N5O/c1-14-18-7-9-21(14)12-16-5-3-8-22(13-16)17(23)6-2-4-15-10-19-20-11-15/h7,9-11,16H,2-6,8,12-13H2,1H3,(H,19,20)/t16-/m0/s1. The number of hydrogen-bond acceptors (Lipinski definition) is 3. The molecule has 0 aromatic carbocycles. The maximum atomic E-state index is 12.4. The number of nitrogens with zero attached hydrogens (tertiary/aromatic N) is 4. The van der Waals surface area contributed by atoms with Crippen molar-refractivity contribution in [1.82, 2.24) is 24.6 Å². The van der Waals surface area contributed by atoms with Crippen LogP contribution in [-0.4, -0.2) is 43.6 Å². The second-order valence-electron chi connectivity index (χ2n) is 6.43. The summed E-state index contributed by atoms with van der Waals surface area (Å²) in [5.41, 5.74) is 1.17. The van der Waals surface area contributed by atoms with Gasteiger partial charge in [-0.25, -0.2) is 4.98 Å². The first kappa shape index (κ1) is 15.8. The molecule has 1 N–H and O–H groups in total. The summed E-state index contributed by atoms with van der Waals surface area (Å²) in [5, 5.41) is 6.74. The van der Waals surface area contributed by atoms with Crippen LogP contribution >= 0.6 is 0 Å². The van der Waals surface area contributed by atoms with Crippen LogP contribution in [0, 0.1) is 12.8 Å². The number of likely N-dealkylation sites (tertiary alicyclic amines) is 1. The molecule has 1 saturated heterocycles. The van der Waals surface area contributed by atoms with E-state index in [1.165, 1.54) is 12.0 Å². The molecule has 1 atom stereocenters. The summed E-state index contributed by atoms with van der Waals surface area (Å²) in [6.45, 7) is 4.78. The van der Waals surface area contributed by atoms with Crippen molar-refractivity contribution in [3.8, 4) is 0 Å². The van der Waals surface area contributed by atoms with Crippen molar-refractivity contribution in [2.24, 2.45) is 5.92 Å². The minimum Gasteiger partial charge on any atom is -0.342 e. The quantitative estimate of drug-likeness (QED) is 0.888. The second kappa shape index (κ2) is 7.44. The van der Waals surface area contributed by atoms with E-state index in [4.69, 9.17) is 0 Å². The third kappa shape index (κ3) is 4.21. The van der Waals surface area contributed by atoms with Crippen LogP contribution in [0.3, 0.4) is 0 Å². The summed E-state index contributed by atoms with van der Waals surface area (Å²) in [4.78, 5) is 18.8. The van der Waals surface area contributed by atoms with Crippen molar-refractivity contribution >= 4 is 5.91 Å². The van der Waals surface area contributed by atoms with Gasteiger partial charge in [-0.15, -0.1) is 0 Å². The Bertz CT molecular complexity index is 619. The van der Waals surface area contributed by atoms with E-state index in [-0.39, 0.29) is 0 Å². The molecular formula is C17H25N5O. The van der Waals surface area contributed by atoms with E-state index in [2.05, 4.69) is 24.6 Å². The number of amides is 1. The van der Waals surface area contributed by atoms with Crippen LogP contribution in [0.4, 0.5) is 0 Å². The van der Waals surface area contributed by atoms with Gasteiger partial charge in [0.15, 0.2) is 0 Å². The number of nitrogens with one attached hydrogen (secondary N) is 1. The lowest BCUT2D eigenvalue weighted by molar-refractivity contribution is -0.133.